The molecule has 0 aliphatic carbocycles. The van der Waals surface area contributed by atoms with Gasteiger partial charge in [-0.25, -0.2) is 13.5 Å². The topological polar surface area (TPSA) is 56.7 Å². The first kappa shape index (κ1) is 9.05. The third kappa shape index (κ3) is 2.54. The first-order chi connectivity index (χ1) is 5.72. The van der Waals surface area contributed by atoms with E-state index in [-0.39, 0.29) is 0 Å². The van der Waals surface area contributed by atoms with Crippen molar-refractivity contribution in [3.05, 3.63) is 11.9 Å². The SMILES string of the molecule is NCCc1cn(CC(F)F)nn1. The molecule has 0 amide bonds. The lowest BCUT2D eigenvalue weighted by molar-refractivity contribution is 0.121. The van der Waals surface area contributed by atoms with Crippen molar-refractivity contribution in [2.45, 2.75) is 19.4 Å². The van der Waals surface area contributed by atoms with Crippen molar-refractivity contribution >= 4 is 0 Å². The Balaban J connectivity index is 2.52. The second-order valence-corrected chi connectivity index (χ2v) is 2.36. The molecular weight excluding hydrogens is 166 g/mol. The molecule has 2 N–H and O–H groups in total. The van der Waals surface area contributed by atoms with Gasteiger partial charge in [-0.3, -0.25) is 0 Å². The molecule has 0 atom stereocenters. The number of aromatic nitrogens is 3. The predicted octanol–water partition coefficient (Wildman–Crippen LogP) is 0.0444. The van der Waals surface area contributed by atoms with Gasteiger partial charge in [0.2, 0.25) is 0 Å². The molecule has 1 rings (SSSR count). The van der Waals surface area contributed by atoms with Crippen molar-refractivity contribution in [1.29, 1.82) is 0 Å². The molecule has 68 valence electrons. The van der Waals surface area contributed by atoms with Crippen molar-refractivity contribution in [1.82, 2.24) is 15.0 Å². The Morgan fingerprint density at radius 2 is 2.33 bits per heavy atom. The summed E-state index contributed by atoms with van der Waals surface area (Å²) in [7, 11) is 0. The summed E-state index contributed by atoms with van der Waals surface area (Å²) < 4.78 is 24.7. The Kier molecular flexibility index (Phi) is 3.09. The van der Waals surface area contributed by atoms with Crippen LogP contribution in [0, 0.1) is 0 Å². The zero-order valence-electron chi connectivity index (χ0n) is 6.45. The van der Waals surface area contributed by atoms with Crippen molar-refractivity contribution in [2.24, 2.45) is 5.73 Å². The summed E-state index contributed by atoms with van der Waals surface area (Å²) in [6.45, 7) is 0.0466. The van der Waals surface area contributed by atoms with Crippen LogP contribution in [0.15, 0.2) is 6.20 Å². The Morgan fingerprint density at radius 3 is 2.92 bits per heavy atom. The molecule has 1 aromatic heterocycles. The molecule has 0 bridgehead atoms. The van der Waals surface area contributed by atoms with E-state index in [1.807, 2.05) is 0 Å². The molecule has 1 heterocycles. The summed E-state index contributed by atoms with van der Waals surface area (Å²) in [4.78, 5) is 0. The quantitative estimate of drug-likeness (QED) is 0.704. The maximum Gasteiger partial charge on any atom is 0.257 e. The van der Waals surface area contributed by atoms with E-state index >= 15 is 0 Å². The third-order valence-corrected chi connectivity index (χ3v) is 1.31. The van der Waals surface area contributed by atoms with Gasteiger partial charge in [-0.15, -0.1) is 5.10 Å². The number of rotatable bonds is 4. The number of hydrogen-bond acceptors (Lipinski definition) is 3. The van der Waals surface area contributed by atoms with Crippen LogP contribution in [0.4, 0.5) is 8.78 Å². The summed E-state index contributed by atoms with van der Waals surface area (Å²) in [5, 5.41) is 7.16. The standard InChI is InChI=1S/C6H10F2N4/c7-6(8)4-12-3-5(1-2-9)10-11-12/h3,6H,1-2,4,9H2. The predicted molar refractivity (Wildman–Crippen MR) is 38.8 cm³/mol. The van der Waals surface area contributed by atoms with E-state index in [1.54, 1.807) is 0 Å². The fourth-order valence-electron chi connectivity index (χ4n) is 0.832. The number of hydrogen-bond donors (Lipinski definition) is 1. The zero-order chi connectivity index (χ0) is 8.97. The minimum Gasteiger partial charge on any atom is -0.330 e. The monoisotopic (exact) mass is 176 g/mol. The van der Waals surface area contributed by atoms with Gasteiger partial charge in [0, 0.05) is 12.6 Å². The highest BCUT2D eigenvalue weighted by Crippen LogP contribution is 1.98. The molecule has 0 aliphatic heterocycles. The minimum atomic E-state index is -2.39. The molecule has 4 nitrogen and oxygen atoms in total. The minimum absolute atomic E-state index is 0.405. The maximum absolute atomic E-state index is 11.8. The van der Waals surface area contributed by atoms with E-state index in [1.165, 1.54) is 6.20 Å². The number of nitrogens with two attached hydrogens (primary N) is 1. The van der Waals surface area contributed by atoms with Crippen LogP contribution in [-0.4, -0.2) is 28.0 Å². The molecule has 0 saturated heterocycles. The van der Waals surface area contributed by atoms with Gasteiger partial charge < -0.3 is 5.73 Å². The fraction of sp³-hybridized carbons (Fsp3) is 0.667. The lowest BCUT2D eigenvalue weighted by atomic mass is 10.3. The van der Waals surface area contributed by atoms with Gasteiger partial charge in [-0.2, -0.15) is 0 Å². The van der Waals surface area contributed by atoms with Crippen molar-refractivity contribution in [2.75, 3.05) is 6.54 Å². The Bertz CT molecular complexity index is 235. The molecule has 0 fully saturated rings. The summed E-state index contributed by atoms with van der Waals surface area (Å²) in [5.74, 6) is 0. The van der Waals surface area contributed by atoms with Gasteiger partial charge in [-0.1, -0.05) is 5.21 Å². The molecule has 0 radical (unpaired) electrons. The van der Waals surface area contributed by atoms with Crippen molar-refractivity contribution in [3.8, 4) is 0 Å². The molecule has 6 heteroatoms. The average molecular weight is 176 g/mol. The van der Waals surface area contributed by atoms with E-state index in [0.717, 1.165) is 4.68 Å². The van der Waals surface area contributed by atoms with Crippen molar-refractivity contribution in [3.63, 3.8) is 0 Å². The summed E-state index contributed by atoms with van der Waals surface area (Å²) >= 11 is 0. The first-order valence-electron chi connectivity index (χ1n) is 3.59. The summed E-state index contributed by atoms with van der Waals surface area (Å²) in [5.41, 5.74) is 5.90. The Labute approximate surface area is 68.4 Å². The smallest absolute Gasteiger partial charge is 0.257 e. The van der Waals surface area contributed by atoms with Crippen LogP contribution in [-0.2, 0) is 13.0 Å². The van der Waals surface area contributed by atoms with Crippen LogP contribution in [0.3, 0.4) is 0 Å². The second kappa shape index (κ2) is 4.10. The van der Waals surface area contributed by atoms with E-state index in [4.69, 9.17) is 5.73 Å². The third-order valence-electron chi connectivity index (χ3n) is 1.31. The van der Waals surface area contributed by atoms with Gasteiger partial charge in [0.05, 0.1) is 5.69 Å². The van der Waals surface area contributed by atoms with Crippen LogP contribution in [0.25, 0.3) is 0 Å². The number of halogens is 2. The van der Waals surface area contributed by atoms with E-state index in [2.05, 4.69) is 10.3 Å². The lowest BCUT2D eigenvalue weighted by Gasteiger charge is -1.95. The molecule has 0 aromatic carbocycles. The largest absolute Gasteiger partial charge is 0.330 e. The number of nitrogens with zero attached hydrogens (tertiary/aromatic N) is 3. The Hall–Kier alpha value is -1.04. The van der Waals surface area contributed by atoms with Gasteiger partial charge in [0.15, 0.2) is 0 Å². The summed E-state index contributed by atoms with van der Waals surface area (Å²) in [6, 6.07) is 0. The Morgan fingerprint density at radius 1 is 1.58 bits per heavy atom. The van der Waals surface area contributed by atoms with Crippen LogP contribution in [0.5, 0.6) is 0 Å². The highest BCUT2D eigenvalue weighted by molar-refractivity contribution is 4.92. The first-order valence-corrected chi connectivity index (χ1v) is 3.59. The van der Waals surface area contributed by atoms with E-state index < -0.39 is 13.0 Å². The van der Waals surface area contributed by atoms with Gasteiger partial charge in [0.25, 0.3) is 6.43 Å². The second-order valence-electron chi connectivity index (χ2n) is 2.36. The van der Waals surface area contributed by atoms with Crippen molar-refractivity contribution < 1.29 is 8.78 Å². The van der Waals surface area contributed by atoms with Crippen LogP contribution in [0.1, 0.15) is 5.69 Å². The fourth-order valence-corrected chi connectivity index (χ4v) is 0.832. The molecular formula is C6H10F2N4. The van der Waals surface area contributed by atoms with Crippen LogP contribution in [0.2, 0.25) is 0 Å². The number of alkyl halides is 2. The van der Waals surface area contributed by atoms with E-state index in [9.17, 15) is 8.78 Å². The molecule has 0 spiro atoms. The van der Waals surface area contributed by atoms with Gasteiger partial charge in [-0.05, 0) is 6.54 Å². The lowest BCUT2D eigenvalue weighted by Crippen LogP contribution is -2.06. The highest BCUT2D eigenvalue weighted by atomic mass is 19.3. The molecule has 12 heavy (non-hydrogen) atoms. The average Bonchev–Trinajstić information content (AvgIpc) is 2.36. The van der Waals surface area contributed by atoms with Gasteiger partial charge >= 0.3 is 0 Å². The molecule has 0 unspecified atom stereocenters. The van der Waals surface area contributed by atoms with Crippen LogP contribution >= 0.6 is 0 Å². The highest BCUT2D eigenvalue weighted by Gasteiger charge is 2.05. The summed E-state index contributed by atoms with van der Waals surface area (Å²) in [6.07, 6.45) is -0.333. The zero-order valence-corrected chi connectivity index (χ0v) is 6.45. The normalized spacial score (nSPS) is 11.0. The maximum atomic E-state index is 11.8. The van der Waals surface area contributed by atoms with E-state index in [0.29, 0.717) is 18.7 Å². The van der Waals surface area contributed by atoms with Gasteiger partial charge in [0.1, 0.15) is 6.54 Å². The molecule has 0 saturated carbocycles. The molecule has 0 aliphatic rings. The van der Waals surface area contributed by atoms with Crippen LogP contribution < -0.4 is 5.73 Å². The molecule has 1 aromatic rings.